The Bertz CT molecular complexity index is 147. The van der Waals surface area contributed by atoms with Gasteiger partial charge in [0.05, 0.1) is 0 Å². The first-order valence-electron chi connectivity index (χ1n) is 3.83. The Morgan fingerprint density at radius 2 is 1.50 bits per heavy atom. The molecule has 0 aromatic heterocycles. The molecule has 0 nitrogen and oxygen atoms in total. The Balaban J connectivity index is 2.56. The van der Waals surface area contributed by atoms with Gasteiger partial charge >= 0.3 is 0 Å². The molecular weight excluding hydrogens is 127 g/mol. The van der Waals surface area contributed by atoms with Gasteiger partial charge in [-0.25, -0.2) is 4.39 Å². The fourth-order valence-electron chi connectivity index (χ4n) is 1.27. The molecule has 0 aromatic rings. The summed E-state index contributed by atoms with van der Waals surface area (Å²) in [6, 6.07) is 0. The van der Waals surface area contributed by atoms with Gasteiger partial charge < -0.3 is 0 Å². The fraction of sp³-hybridized carbons (Fsp3) is 0.778. The highest BCUT2D eigenvalue weighted by atomic mass is 19.1. The van der Waals surface area contributed by atoms with E-state index in [1.807, 2.05) is 13.8 Å². The summed E-state index contributed by atoms with van der Waals surface area (Å²) >= 11 is 0. The fourth-order valence-corrected chi connectivity index (χ4v) is 1.27. The zero-order valence-corrected chi connectivity index (χ0v) is 6.52. The monoisotopic (exact) mass is 140 g/mol. The van der Waals surface area contributed by atoms with Gasteiger partial charge in [-0.05, 0) is 12.8 Å². The van der Waals surface area contributed by atoms with E-state index in [0.29, 0.717) is 12.8 Å². The SMILES string of the molecule is CC1C#CC(C)CC(F)C1. The summed E-state index contributed by atoms with van der Waals surface area (Å²) in [5.41, 5.74) is 0. The summed E-state index contributed by atoms with van der Waals surface area (Å²) in [5.74, 6) is 6.57. The molecule has 0 N–H and O–H groups in total. The third-order valence-corrected chi connectivity index (χ3v) is 1.79. The normalized spacial score (nSPS) is 39.7. The van der Waals surface area contributed by atoms with Crippen LogP contribution in [0.4, 0.5) is 4.39 Å². The molecule has 0 saturated heterocycles. The van der Waals surface area contributed by atoms with Crippen LogP contribution in [-0.4, -0.2) is 6.17 Å². The predicted molar refractivity (Wildman–Crippen MR) is 40.2 cm³/mol. The molecule has 0 amide bonds. The van der Waals surface area contributed by atoms with E-state index in [-0.39, 0.29) is 11.8 Å². The molecule has 0 fully saturated rings. The van der Waals surface area contributed by atoms with Crippen LogP contribution in [0.1, 0.15) is 26.7 Å². The Morgan fingerprint density at radius 3 is 1.90 bits per heavy atom. The molecule has 10 heavy (non-hydrogen) atoms. The van der Waals surface area contributed by atoms with Crippen molar-refractivity contribution in [2.45, 2.75) is 32.9 Å². The molecule has 1 aliphatic carbocycles. The lowest BCUT2D eigenvalue weighted by atomic mass is 10.0. The molecule has 1 aliphatic rings. The quantitative estimate of drug-likeness (QED) is 0.453. The number of alkyl halides is 1. The Kier molecular flexibility index (Phi) is 2.32. The highest BCUT2D eigenvalue weighted by Gasteiger charge is 2.15. The first-order chi connectivity index (χ1) is 4.68. The lowest BCUT2D eigenvalue weighted by Gasteiger charge is -2.07. The van der Waals surface area contributed by atoms with E-state index in [9.17, 15) is 4.39 Å². The van der Waals surface area contributed by atoms with E-state index in [1.54, 1.807) is 0 Å². The minimum atomic E-state index is -0.646. The van der Waals surface area contributed by atoms with Gasteiger partial charge in [0.15, 0.2) is 0 Å². The molecule has 0 bridgehead atoms. The maximum absolute atomic E-state index is 12.9. The smallest absolute Gasteiger partial charge is 0.102 e. The van der Waals surface area contributed by atoms with Crippen LogP contribution in [0.3, 0.4) is 0 Å². The predicted octanol–water partition coefficient (Wildman–Crippen LogP) is 2.39. The first kappa shape index (κ1) is 7.60. The second-order valence-electron chi connectivity index (χ2n) is 3.16. The average molecular weight is 140 g/mol. The van der Waals surface area contributed by atoms with Crippen LogP contribution < -0.4 is 0 Å². The molecule has 0 aromatic carbocycles. The molecule has 2 atom stereocenters. The van der Waals surface area contributed by atoms with E-state index in [0.717, 1.165) is 0 Å². The van der Waals surface area contributed by atoms with Crippen molar-refractivity contribution in [2.75, 3.05) is 0 Å². The summed E-state index contributed by atoms with van der Waals surface area (Å²) in [7, 11) is 0. The van der Waals surface area contributed by atoms with Gasteiger partial charge in [0.25, 0.3) is 0 Å². The van der Waals surface area contributed by atoms with Crippen LogP contribution >= 0.6 is 0 Å². The Hall–Kier alpha value is -0.510. The third kappa shape index (κ3) is 2.02. The topological polar surface area (TPSA) is 0 Å². The summed E-state index contributed by atoms with van der Waals surface area (Å²) in [6.45, 7) is 3.97. The number of hydrogen-bond donors (Lipinski definition) is 0. The van der Waals surface area contributed by atoms with Gasteiger partial charge in [0.2, 0.25) is 0 Å². The molecule has 0 radical (unpaired) electrons. The lowest BCUT2D eigenvalue weighted by molar-refractivity contribution is 0.266. The molecule has 0 heterocycles. The number of rotatable bonds is 0. The van der Waals surface area contributed by atoms with Gasteiger partial charge in [0, 0.05) is 11.8 Å². The maximum Gasteiger partial charge on any atom is 0.102 e. The highest BCUT2D eigenvalue weighted by Crippen LogP contribution is 2.19. The molecule has 1 heteroatoms. The minimum Gasteiger partial charge on any atom is -0.247 e. The number of hydrogen-bond acceptors (Lipinski definition) is 0. The summed E-state index contributed by atoms with van der Waals surface area (Å²) in [5, 5.41) is 0. The van der Waals surface area contributed by atoms with Crippen molar-refractivity contribution in [1.82, 2.24) is 0 Å². The van der Waals surface area contributed by atoms with Gasteiger partial charge in [0.1, 0.15) is 6.17 Å². The van der Waals surface area contributed by atoms with Crippen LogP contribution in [0.5, 0.6) is 0 Å². The molecule has 0 saturated carbocycles. The molecule has 0 spiro atoms. The second kappa shape index (κ2) is 3.05. The van der Waals surface area contributed by atoms with E-state index in [2.05, 4.69) is 11.8 Å². The van der Waals surface area contributed by atoms with E-state index in [1.165, 1.54) is 0 Å². The van der Waals surface area contributed by atoms with Crippen LogP contribution in [-0.2, 0) is 0 Å². The summed E-state index contributed by atoms with van der Waals surface area (Å²) < 4.78 is 12.9. The Labute approximate surface area is 61.8 Å². The van der Waals surface area contributed by atoms with Crippen LogP contribution in [0.15, 0.2) is 0 Å². The lowest BCUT2D eigenvalue weighted by Crippen LogP contribution is -2.05. The van der Waals surface area contributed by atoms with Crippen molar-refractivity contribution < 1.29 is 4.39 Å². The van der Waals surface area contributed by atoms with Crippen molar-refractivity contribution in [3.05, 3.63) is 0 Å². The summed E-state index contributed by atoms with van der Waals surface area (Å²) in [6.07, 6.45) is 0.599. The van der Waals surface area contributed by atoms with E-state index in [4.69, 9.17) is 0 Å². The molecule has 56 valence electrons. The molecule has 1 rings (SSSR count). The second-order valence-corrected chi connectivity index (χ2v) is 3.16. The third-order valence-electron chi connectivity index (χ3n) is 1.79. The van der Waals surface area contributed by atoms with Crippen LogP contribution in [0.25, 0.3) is 0 Å². The van der Waals surface area contributed by atoms with Crippen molar-refractivity contribution in [2.24, 2.45) is 11.8 Å². The van der Waals surface area contributed by atoms with E-state index >= 15 is 0 Å². The standard InChI is InChI=1S/C9H13F/c1-7-3-4-8(2)6-9(10)5-7/h7-9H,5-6H2,1-2H3. The first-order valence-corrected chi connectivity index (χ1v) is 3.83. The molecule has 2 unspecified atom stereocenters. The average Bonchev–Trinajstić information content (AvgIpc) is 1.93. The zero-order chi connectivity index (χ0) is 7.56. The highest BCUT2D eigenvalue weighted by molar-refractivity contribution is 5.08. The zero-order valence-electron chi connectivity index (χ0n) is 6.52. The van der Waals surface area contributed by atoms with Gasteiger partial charge in [-0.2, -0.15) is 0 Å². The van der Waals surface area contributed by atoms with Gasteiger partial charge in [-0.3, -0.25) is 0 Å². The molecular formula is C9H13F. The maximum atomic E-state index is 12.9. The van der Waals surface area contributed by atoms with Gasteiger partial charge in [-0.1, -0.05) is 25.7 Å². The van der Waals surface area contributed by atoms with Gasteiger partial charge in [-0.15, -0.1) is 0 Å². The summed E-state index contributed by atoms with van der Waals surface area (Å²) in [4.78, 5) is 0. The Morgan fingerprint density at radius 1 is 1.10 bits per heavy atom. The molecule has 0 aliphatic heterocycles. The largest absolute Gasteiger partial charge is 0.247 e. The number of halogens is 1. The van der Waals surface area contributed by atoms with Crippen LogP contribution in [0, 0.1) is 23.7 Å². The van der Waals surface area contributed by atoms with Crippen molar-refractivity contribution in [3.63, 3.8) is 0 Å². The van der Waals surface area contributed by atoms with Crippen molar-refractivity contribution in [1.29, 1.82) is 0 Å². The van der Waals surface area contributed by atoms with Crippen LogP contribution in [0.2, 0.25) is 0 Å². The van der Waals surface area contributed by atoms with Crippen molar-refractivity contribution >= 4 is 0 Å². The minimum absolute atomic E-state index is 0.250. The van der Waals surface area contributed by atoms with Crippen molar-refractivity contribution in [3.8, 4) is 11.8 Å². The van der Waals surface area contributed by atoms with E-state index < -0.39 is 6.17 Å².